The van der Waals surface area contributed by atoms with E-state index in [1.807, 2.05) is 6.92 Å². The predicted molar refractivity (Wildman–Crippen MR) is 69.6 cm³/mol. The van der Waals surface area contributed by atoms with E-state index in [-0.39, 0.29) is 11.9 Å². The number of carbonyl (C=O) groups excluding carboxylic acids is 1. The Labute approximate surface area is 103 Å². The maximum Gasteiger partial charge on any atom is 0.251 e. The Morgan fingerprint density at radius 1 is 1.53 bits per heavy atom. The monoisotopic (exact) mass is 235 g/mol. The molecule has 0 saturated heterocycles. The van der Waals surface area contributed by atoms with Crippen LogP contribution in [0.2, 0.25) is 0 Å². The van der Waals surface area contributed by atoms with E-state index in [2.05, 4.69) is 24.1 Å². The topological polar surface area (TPSA) is 68.0 Å². The number of aromatic nitrogens is 1. The Morgan fingerprint density at radius 3 is 2.82 bits per heavy atom. The molecular weight excluding hydrogens is 214 g/mol. The first kappa shape index (κ1) is 13.5. The van der Waals surface area contributed by atoms with Crippen molar-refractivity contribution in [1.29, 1.82) is 0 Å². The number of rotatable bonds is 5. The van der Waals surface area contributed by atoms with Gasteiger partial charge in [-0.3, -0.25) is 4.79 Å². The zero-order valence-electron chi connectivity index (χ0n) is 10.7. The Morgan fingerprint density at radius 2 is 2.24 bits per heavy atom. The summed E-state index contributed by atoms with van der Waals surface area (Å²) in [6.07, 6.45) is 3.66. The number of hydrogen-bond acceptors (Lipinski definition) is 3. The molecule has 1 heterocycles. The molecule has 1 amide bonds. The maximum absolute atomic E-state index is 11.9. The van der Waals surface area contributed by atoms with Gasteiger partial charge >= 0.3 is 0 Å². The zero-order chi connectivity index (χ0) is 12.8. The number of nitrogens with zero attached hydrogens (tertiary/aromatic N) is 1. The fourth-order valence-corrected chi connectivity index (χ4v) is 1.73. The van der Waals surface area contributed by atoms with Gasteiger partial charge in [-0.15, -0.1) is 0 Å². The molecule has 0 aliphatic rings. The molecule has 94 valence electrons. The van der Waals surface area contributed by atoms with Crippen LogP contribution in [-0.4, -0.2) is 16.9 Å². The number of hydrogen-bond donors (Lipinski definition) is 2. The summed E-state index contributed by atoms with van der Waals surface area (Å²) in [5.74, 6) is 0.898. The lowest BCUT2D eigenvalue weighted by Gasteiger charge is -2.17. The Hall–Kier alpha value is -1.58. The average Bonchev–Trinajstić information content (AvgIpc) is 2.28. The molecule has 0 radical (unpaired) electrons. The lowest BCUT2D eigenvalue weighted by atomic mass is 10.0. The second-order valence-electron chi connectivity index (χ2n) is 4.59. The molecule has 0 saturated carbocycles. The molecule has 0 fully saturated rings. The van der Waals surface area contributed by atoms with Gasteiger partial charge in [0.1, 0.15) is 5.82 Å². The van der Waals surface area contributed by atoms with Crippen LogP contribution in [0.15, 0.2) is 18.3 Å². The molecule has 0 aromatic carbocycles. The molecule has 17 heavy (non-hydrogen) atoms. The molecule has 1 aromatic heterocycles. The highest BCUT2D eigenvalue weighted by Gasteiger charge is 2.12. The minimum Gasteiger partial charge on any atom is -0.384 e. The smallest absolute Gasteiger partial charge is 0.251 e. The van der Waals surface area contributed by atoms with Gasteiger partial charge < -0.3 is 11.1 Å². The van der Waals surface area contributed by atoms with Crippen LogP contribution >= 0.6 is 0 Å². The normalized spacial score (nSPS) is 14.1. The first-order chi connectivity index (χ1) is 8.02. The SMILES string of the molecule is CCC(C)CC(C)NC(=O)c1ccnc(N)c1. The van der Waals surface area contributed by atoms with E-state index in [1.165, 1.54) is 0 Å². The lowest BCUT2D eigenvalue weighted by molar-refractivity contribution is 0.0935. The van der Waals surface area contributed by atoms with Gasteiger partial charge in [-0.1, -0.05) is 20.3 Å². The van der Waals surface area contributed by atoms with Crippen molar-refractivity contribution in [3.05, 3.63) is 23.9 Å². The summed E-state index contributed by atoms with van der Waals surface area (Å²) in [7, 11) is 0. The molecule has 1 rings (SSSR count). The summed E-state index contributed by atoms with van der Waals surface area (Å²) < 4.78 is 0. The zero-order valence-corrected chi connectivity index (χ0v) is 10.7. The number of nitrogen functional groups attached to an aromatic ring is 1. The van der Waals surface area contributed by atoms with Crippen LogP contribution in [0.5, 0.6) is 0 Å². The van der Waals surface area contributed by atoms with Gasteiger partial charge in [-0.2, -0.15) is 0 Å². The fraction of sp³-hybridized carbons (Fsp3) is 0.538. The summed E-state index contributed by atoms with van der Waals surface area (Å²) in [6, 6.07) is 3.43. The fourth-order valence-electron chi connectivity index (χ4n) is 1.73. The third-order valence-electron chi connectivity index (χ3n) is 2.87. The molecule has 4 heteroatoms. The van der Waals surface area contributed by atoms with Crippen LogP contribution in [0, 0.1) is 5.92 Å². The van der Waals surface area contributed by atoms with Gasteiger partial charge in [0.25, 0.3) is 5.91 Å². The number of carbonyl (C=O) groups is 1. The van der Waals surface area contributed by atoms with Gasteiger partial charge in [0.05, 0.1) is 0 Å². The molecule has 0 bridgehead atoms. The highest BCUT2D eigenvalue weighted by molar-refractivity contribution is 5.94. The second kappa shape index (κ2) is 6.23. The molecule has 4 nitrogen and oxygen atoms in total. The van der Waals surface area contributed by atoms with Crippen molar-refractivity contribution < 1.29 is 4.79 Å². The second-order valence-corrected chi connectivity index (χ2v) is 4.59. The number of anilines is 1. The highest BCUT2D eigenvalue weighted by atomic mass is 16.1. The van der Waals surface area contributed by atoms with Gasteiger partial charge in [-0.25, -0.2) is 4.98 Å². The molecule has 2 unspecified atom stereocenters. The highest BCUT2D eigenvalue weighted by Crippen LogP contribution is 2.10. The Kier molecular flexibility index (Phi) is 4.94. The summed E-state index contributed by atoms with van der Waals surface area (Å²) >= 11 is 0. The van der Waals surface area contributed by atoms with Crippen LogP contribution < -0.4 is 11.1 Å². The van der Waals surface area contributed by atoms with Gasteiger partial charge in [0.15, 0.2) is 0 Å². The van der Waals surface area contributed by atoms with Gasteiger partial charge in [-0.05, 0) is 31.4 Å². The Balaban J connectivity index is 2.54. The van der Waals surface area contributed by atoms with Crippen molar-refractivity contribution in [3.63, 3.8) is 0 Å². The van der Waals surface area contributed by atoms with Gasteiger partial charge in [0, 0.05) is 17.8 Å². The maximum atomic E-state index is 11.9. The third kappa shape index (κ3) is 4.43. The summed E-state index contributed by atoms with van der Waals surface area (Å²) in [6.45, 7) is 6.37. The predicted octanol–water partition coefficient (Wildman–Crippen LogP) is 2.22. The first-order valence-corrected chi connectivity index (χ1v) is 6.05. The van der Waals surface area contributed by atoms with Crippen LogP contribution in [0.1, 0.15) is 44.0 Å². The Bertz CT molecular complexity index is 379. The largest absolute Gasteiger partial charge is 0.384 e. The molecule has 0 aliphatic carbocycles. The van der Waals surface area contributed by atoms with Crippen LogP contribution in [-0.2, 0) is 0 Å². The summed E-state index contributed by atoms with van der Waals surface area (Å²) in [5.41, 5.74) is 6.10. The number of nitrogens with one attached hydrogen (secondary N) is 1. The van der Waals surface area contributed by atoms with E-state index in [0.717, 1.165) is 12.8 Å². The molecule has 3 N–H and O–H groups in total. The minimum atomic E-state index is -0.0881. The van der Waals surface area contributed by atoms with Crippen molar-refractivity contribution >= 4 is 11.7 Å². The third-order valence-corrected chi connectivity index (χ3v) is 2.87. The quantitative estimate of drug-likeness (QED) is 0.822. The molecule has 0 spiro atoms. The van der Waals surface area contributed by atoms with Crippen LogP contribution in [0.25, 0.3) is 0 Å². The molecular formula is C13H21N3O. The van der Waals surface area contributed by atoms with E-state index in [4.69, 9.17) is 5.73 Å². The minimum absolute atomic E-state index is 0.0881. The summed E-state index contributed by atoms with van der Waals surface area (Å²) in [5, 5.41) is 2.97. The average molecular weight is 235 g/mol. The van der Waals surface area contributed by atoms with E-state index in [0.29, 0.717) is 17.3 Å². The lowest BCUT2D eigenvalue weighted by Crippen LogP contribution is -2.33. The van der Waals surface area contributed by atoms with Crippen molar-refractivity contribution in [1.82, 2.24) is 10.3 Å². The van der Waals surface area contributed by atoms with E-state index >= 15 is 0 Å². The van der Waals surface area contributed by atoms with Crippen LogP contribution in [0.4, 0.5) is 5.82 Å². The van der Waals surface area contributed by atoms with Crippen molar-refractivity contribution in [2.75, 3.05) is 5.73 Å². The van der Waals surface area contributed by atoms with E-state index < -0.39 is 0 Å². The van der Waals surface area contributed by atoms with Crippen molar-refractivity contribution in [2.45, 2.75) is 39.7 Å². The number of amides is 1. The standard InChI is InChI=1S/C13H21N3O/c1-4-9(2)7-10(3)16-13(17)11-5-6-15-12(14)8-11/h5-6,8-10H,4,7H2,1-3H3,(H2,14,15)(H,16,17). The van der Waals surface area contributed by atoms with E-state index in [9.17, 15) is 4.79 Å². The first-order valence-electron chi connectivity index (χ1n) is 6.05. The molecule has 1 aromatic rings. The number of pyridine rings is 1. The van der Waals surface area contributed by atoms with Crippen molar-refractivity contribution in [2.24, 2.45) is 5.92 Å². The number of nitrogens with two attached hydrogens (primary N) is 1. The molecule has 2 atom stereocenters. The summed E-state index contributed by atoms with van der Waals surface area (Å²) in [4.78, 5) is 15.7. The van der Waals surface area contributed by atoms with Crippen LogP contribution in [0.3, 0.4) is 0 Å². The van der Waals surface area contributed by atoms with Gasteiger partial charge in [0.2, 0.25) is 0 Å². The molecule has 0 aliphatic heterocycles. The van der Waals surface area contributed by atoms with E-state index in [1.54, 1.807) is 18.3 Å². The van der Waals surface area contributed by atoms with Crippen molar-refractivity contribution in [3.8, 4) is 0 Å².